The maximum atomic E-state index is 12.7. The fourth-order valence-electron chi connectivity index (χ4n) is 2.22. The van der Waals surface area contributed by atoms with Crippen LogP contribution in [-0.2, 0) is 11.2 Å². The second kappa shape index (κ2) is 5.30. The van der Waals surface area contributed by atoms with Crippen LogP contribution in [0.2, 0.25) is 0 Å². The van der Waals surface area contributed by atoms with Gasteiger partial charge in [-0.25, -0.2) is 4.39 Å². The Morgan fingerprint density at radius 2 is 2.12 bits per heavy atom. The molecular formula is C14H18FNO. The molecule has 1 unspecified atom stereocenters. The number of rotatable bonds is 3. The Balaban J connectivity index is 1.82. The summed E-state index contributed by atoms with van der Waals surface area (Å²) in [5.74, 6) is 0.622. The van der Waals surface area contributed by atoms with Gasteiger partial charge >= 0.3 is 0 Å². The zero-order chi connectivity index (χ0) is 12.3. The van der Waals surface area contributed by atoms with Crippen molar-refractivity contribution in [3.63, 3.8) is 0 Å². The fraction of sp³-hybridized carbons (Fsp3) is 0.500. The number of carbonyl (C=O) groups is 1. The van der Waals surface area contributed by atoms with E-state index in [4.69, 9.17) is 0 Å². The first kappa shape index (κ1) is 12.1. The number of aryl methyl sites for hydroxylation is 1. The molecule has 0 radical (unpaired) electrons. The number of hydrogen-bond acceptors (Lipinski definition) is 1. The number of hydrogen-bond donors (Lipinski definition) is 0. The molecule has 17 heavy (non-hydrogen) atoms. The van der Waals surface area contributed by atoms with Crippen molar-refractivity contribution in [2.24, 2.45) is 5.92 Å². The summed E-state index contributed by atoms with van der Waals surface area (Å²) >= 11 is 0. The Morgan fingerprint density at radius 1 is 1.41 bits per heavy atom. The van der Waals surface area contributed by atoms with E-state index < -0.39 is 0 Å². The molecule has 2 rings (SSSR count). The standard InChI is InChI=1S/C14H18FNO/c1-11-8-9-16(10-11)14(17)7-4-12-2-5-13(15)6-3-12/h2-3,5-6,11H,4,7-10H2,1H3. The number of benzene rings is 1. The van der Waals surface area contributed by atoms with Gasteiger partial charge in [0.1, 0.15) is 5.82 Å². The minimum Gasteiger partial charge on any atom is -0.342 e. The fourth-order valence-corrected chi connectivity index (χ4v) is 2.22. The summed E-state index contributed by atoms with van der Waals surface area (Å²) in [6, 6.07) is 6.37. The van der Waals surface area contributed by atoms with Crippen LogP contribution in [0.1, 0.15) is 25.3 Å². The minimum absolute atomic E-state index is 0.221. The molecular weight excluding hydrogens is 217 g/mol. The van der Waals surface area contributed by atoms with E-state index in [0.717, 1.165) is 25.1 Å². The lowest BCUT2D eigenvalue weighted by Gasteiger charge is -2.15. The Labute approximate surface area is 101 Å². The van der Waals surface area contributed by atoms with Crippen LogP contribution < -0.4 is 0 Å². The van der Waals surface area contributed by atoms with Crippen molar-refractivity contribution < 1.29 is 9.18 Å². The van der Waals surface area contributed by atoms with E-state index in [1.807, 2.05) is 4.90 Å². The number of amides is 1. The molecule has 0 N–H and O–H groups in total. The molecule has 92 valence electrons. The van der Waals surface area contributed by atoms with Crippen LogP contribution in [-0.4, -0.2) is 23.9 Å². The van der Waals surface area contributed by atoms with Crippen molar-refractivity contribution in [3.8, 4) is 0 Å². The van der Waals surface area contributed by atoms with E-state index in [2.05, 4.69) is 6.92 Å². The van der Waals surface area contributed by atoms with E-state index >= 15 is 0 Å². The molecule has 0 aliphatic carbocycles. The average Bonchev–Trinajstić information content (AvgIpc) is 2.75. The molecule has 1 aromatic carbocycles. The second-order valence-electron chi connectivity index (χ2n) is 4.86. The normalized spacial score (nSPS) is 19.6. The van der Waals surface area contributed by atoms with Gasteiger partial charge in [0.15, 0.2) is 0 Å². The van der Waals surface area contributed by atoms with Gasteiger partial charge in [-0.1, -0.05) is 19.1 Å². The molecule has 2 nitrogen and oxygen atoms in total. The Bertz CT molecular complexity index is 388. The molecule has 1 fully saturated rings. The van der Waals surface area contributed by atoms with Gasteiger partial charge in [0.2, 0.25) is 5.91 Å². The average molecular weight is 235 g/mol. The molecule has 0 bridgehead atoms. The van der Waals surface area contributed by atoms with Crippen LogP contribution in [0.25, 0.3) is 0 Å². The third kappa shape index (κ3) is 3.29. The highest BCUT2D eigenvalue weighted by molar-refractivity contribution is 5.76. The van der Waals surface area contributed by atoms with Crippen molar-refractivity contribution in [2.75, 3.05) is 13.1 Å². The predicted octanol–water partition coefficient (Wildman–Crippen LogP) is 2.63. The molecule has 0 spiro atoms. The van der Waals surface area contributed by atoms with Gasteiger partial charge in [-0.3, -0.25) is 4.79 Å². The van der Waals surface area contributed by atoms with E-state index in [0.29, 0.717) is 18.8 Å². The maximum absolute atomic E-state index is 12.7. The van der Waals surface area contributed by atoms with Crippen LogP contribution in [0.3, 0.4) is 0 Å². The summed E-state index contributed by atoms with van der Waals surface area (Å²) in [6.45, 7) is 3.96. The van der Waals surface area contributed by atoms with Gasteiger partial charge in [0.25, 0.3) is 0 Å². The third-order valence-corrected chi connectivity index (χ3v) is 3.32. The van der Waals surface area contributed by atoms with Crippen molar-refractivity contribution in [2.45, 2.75) is 26.2 Å². The number of carbonyl (C=O) groups excluding carboxylic acids is 1. The molecule has 1 heterocycles. The van der Waals surface area contributed by atoms with Crippen molar-refractivity contribution in [1.82, 2.24) is 4.90 Å². The molecule has 1 atom stereocenters. The Hall–Kier alpha value is -1.38. The van der Waals surface area contributed by atoms with E-state index in [-0.39, 0.29) is 11.7 Å². The highest BCUT2D eigenvalue weighted by Gasteiger charge is 2.22. The quantitative estimate of drug-likeness (QED) is 0.788. The summed E-state index contributed by atoms with van der Waals surface area (Å²) in [4.78, 5) is 13.8. The summed E-state index contributed by atoms with van der Waals surface area (Å²) in [5.41, 5.74) is 1.02. The maximum Gasteiger partial charge on any atom is 0.222 e. The van der Waals surface area contributed by atoms with Crippen molar-refractivity contribution in [1.29, 1.82) is 0 Å². The second-order valence-corrected chi connectivity index (χ2v) is 4.86. The van der Waals surface area contributed by atoms with Gasteiger partial charge in [-0.2, -0.15) is 0 Å². The van der Waals surface area contributed by atoms with Gasteiger partial charge in [-0.05, 0) is 36.5 Å². The minimum atomic E-state index is -0.228. The first-order valence-electron chi connectivity index (χ1n) is 6.17. The molecule has 0 aromatic heterocycles. The highest BCUT2D eigenvalue weighted by atomic mass is 19.1. The van der Waals surface area contributed by atoms with Crippen LogP contribution in [0.5, 0.6) is 0 Å². The summed E-state index contributed by atoms with van der Waals surface area (Å²) in [7, 11) is 0. The molecule has 1 amide bonds. The monoisotopic (exact) mass is 235 g/mol. The molecule has 1 aromatic rings. The first-order valence-corrected chi connectivity index (χ1v) is 6.17. The largest absolute Gasteiger partial charge is 0.342 e. The van der Waals surface area contributed by atoms with E-state index in [1.54, 1.807) is 12.1 Å². The van der Waals surface area contributed by atoms with Crippen molar-refractivity contribution in [3.05, 3.63) is 35.6 Å². The molecule has 1 saturated heterocycles. The van der Waals surface area contributed by atoms with Crippen LogP contribution >= 0.6 is 0 Å². The predicted molar refractivity (Wildman–Crippen MR) is 65.1 cm³/mol. The molecule has 1 aliphatic rings. The highest BCUT2D eigenvalue weighted by Crippen LogP contribution is 2.16. The third-order valence-electron chi connectivity index (χ3n) is 3.32. The number of nitrogens with zero attached hydrogens (tertiary/aromatic N) is 1. The van der Waals surface area contributed by atoms with E-state index in [1.165, 1.54) is 12.1 Å². The lowest BCUT2D eigenvalue weighted by atomic mass is 10.1. The van der Waals surface area contributed by atoms with Gasteiger partial charge in [-0.15, -0.1) is 0 Å². The molecule has 0 saturated carbocycles. The van der Waals surface area contributed by atoms with Gasteiger partial charge < -0.3 is 4.90 Å². The lowest BCUT2D eigenvalue weighted by Crippen LogP contribution is -2.28. The molecule has 1 aliphatic heterocycles. The Kier molecular flexibility index (Phi) is 3.77. The summed E-state index contributed by atoms with van der Waals surface area (Å²) < 4.78 is 12.7. The van der Waals surface area contributed by atoms with Crippen LogP contribution in [0.4, 0.5) is 4.39 Å². The zero-order valence-electron chi connectivity index (χ0n) is 10.2. The topological polar surface area (TPSA) is 20.3 Å². The number of likely N-dealkylation sites (tertiary alicyclic amines) is 1. The lowest BCUT2D eigenvalue weighted by molar-refractivity contribution is -0.130. The smallest absolute Gasteiger partial charge is 0.222 e. The summed E-state index contributed by atoms with van der Waals surface area (Å²) in [5, 5.41) is 0. The van der Waals surface area contributed by atoms with Gasteiger partial charge in [0, 0.05) is 19.5 Å². The van der Waals surface area contributed by atoms with E-state index in [9.17, 15) is 9.18 Å². The van der Waals surface area contributed by atoms with Crippen LogP contribution in [0.15, 0.2) is 24.3 Å². The van der Waals surface area contributed by atoms with Gasteiger partial charge in [0.05, 0.1) is 0 Å². The first-order chi connectivity index (χ1) is 8.15. The molecule has 3 heteroatoms. The zero-order valence-corrected chi connectivity index (χ0v) is 10.2. The Morgan fingerprint density at radius 3 is 2.71 bits per heavy atom. The summed E-state index contributed by atoms with van der Waals surface area (Å²) in [6.07, 6.45) is 2.34. The number of halogens is 1. The SMILES string of the molecule is CC1CCN(C(=O)CCc2ccc(F)cc2)C1. The van der Waals surface area contributed by atoms with Crippen LogP contribution in [0, 0.1) is 11.7 Å². The van der Waals surface area contributed by atoms with Crippen molar-refractivity contribution >= 4 is 5.91 Å².